The Kier molecular flexibility index (Phi) is 9.23. The number of nitrogens with one attached hydrogen (secondary N) is 3. The van der Waals surface area contributed by atoms with Crippen molar-refractivity contribution in [1.82, 2.24) is 20.6 Å². The van der Waals surface area contributed by atoms with Crippen molar-refractivity contribution in [1.29, 1.82) is 0 Å². The molecule has 186 valence electrons. The number of esters is 1. The van der Waals surface area contributed by atoms with Crippen LogP contribution in [0.25, 0.3) is 0 Å². The standard InChI is InChI=1S/C25H36N4O5/c1-15(2)21(29-20(30)13-27-24(32)34-25(5,6)7)23(31)33-22(17(4)19-12-26-14-28-19)18-11-9-8-10-16(18)3/h8-12,14-15,17,21-22H,13H2,1-7H3,(H,26,28)(H,27,32)(H,29,30)/t17-,21?,22?/m0/s1. The monoisotopic (exact) mass is 472 g/mol. The first kappa shape index (κ1) is 26.9. The fraction of sp³-hybridized carbons (Fsp3) is 0.520. The van der Waals surface area contributed by atoms with Crippen molar-refractivity contribution >= 4 is 18.0 Å². The lowest BCUT2D eigenvalue weighted by molar-refractivity contribution is -0.155. The lowest BCUT2D eigenvalue weighted by Gasteiger charge is -2.29. The summed E-state index contributed by atoms with van der Waals surface area (Å²) in [4.78, 5) is 44.7. The number of aromatic nitrogens is 2. The number of rotatable bonds is 9. The number of ether oxygens (including phenoxy) is 2. The van der Waals surface area contributed by atoms with Crippen LogP contribution in [0.1, 0.15) is 70.4 Å². The molecule has 2 rings (SSSR count). The molecule has 3 atom stereocenters. The summed E-state index contributed by atoms with van der Waals surface area (Å²) in [5, 5.41) is 5.07. The smallest absolute Gasteiger partial charge is 0.408 e. The first-order chi connectivity index (χ1) is 15.9. The van der Waals surface area contributed by atoms with Gasteiger partial charge in [-0.15, -0.1) is 0 Å². The first-order valence-corrected chi connectivity index (χ1v) is 11.4. The van der Waals surface area contributed by atoms with Gasteiger partial charge in [-0.05, 0) is 44.7 Å². The van der Waals surface area contributed by atoms with E-state index in [9.17, 15) is 14.4 Å². The van der Waals surface area contributed by atoms with Crippen LogP contribution in [-0.4, -0.2) is 46.1 Å². The van der Waals surface area contributed by atoms with E-state index in [1.54, 1.807) is 33.3 Å². The van der Waals surface area contributed by atoms with Crippen LogP contribution in [0.5, 0.6) is 0 Å². The van der Waals surface area contributed by atoms with Crippen molar-refractivity contribution in [3.05, 3.63) is 53.6 Å². The lowest BCUT2D eigenvalue weighted by Crippen LogP contribution is -2.49. The summed E-state index contributed by atoms with van der Waals surface area (Å²) < 4.78 is 11.1. The summed E-state index contributed by atoms with van der Waals surface area (Å²) in [6, 6.07) is 6.81. The molecule has 9 nitrogen and oxygen atoms in total. The number of alkyl carbamates (subject to hydrolysis) is 1. The van der Waals surface area contributed by atoms with Crippen LogP contribution >= 0.6 is 0 Å². The highest BCUT2D eigenvalue weighted by Crippen LogP contribution is 2.35. The van der Waals surface area contributed by atoms with Gasteiger partial charge in [0.25, 0.3) is 0 Å². The van der Waals surface area contributed by atoms with Crippen LogP contribution < -0.4 is 10.6 Å². The van der Waals surface area contributed by atoms with Crippen molar-refractivity contribution in [2.45, 2.75) is 72.1 Å². The predicted octanol–water partition coefficient (Wildman–Crippen LogP) is 3.77. The number of imidazole rings is 1. The molecule has 0 saturated carbocycles. The number of aromatic amines is 1. The third kappa shape index (κ3) is 7.90. The number of aryl methyl sites for hydroxylation is 1. The average Bonchev–Trinajstić information content (AvgIpc) is 3.28. The number of H-pyrrole nitrogens is 1. The maximum absolute atomic E-state index is 13.2. The van der Waals surface area contributed by atoms with E-state index in [4.69, 9.17) is 9.47 Å². The van der Waals surface area contributed by atoms with Gasteiger partial charge in [0, 0.05) is 17.8 Å². The van der Waals surface area contributed by atoms with Gasteiger partial charge in [0.05, 0.1) is 6.33 Å². The normalized spacial score (nSPS) is 14.1. The van der Waals surface area contributed by atoms with Crippen molar-refractivity contribution in [3.8, 4) is 0 Å². The molecule has 2 amide bonds. The predicted molar refractivity (Wildman–Crippen MR) is 128 cm³/mol. The maximum Gasteiger partial charge on any atom is 0.408 e. The van der Waals surface area contributed by atoms with E-state index in [1.807, 2.05) is 52.0 Å². The van der Waals surface area contributed by atoms with Crippen molar-refractivity contribution < 1.29 is 23.9 Å². The molecule has 0 aliphatic carbocycles. The summed E-state index contributed by atoms with van der Waals surface area (Å²) in [5.41, 5.74) is 2.00. The second-order valence-corrected chi connectivity index (χ2v) is 9.65. The van der Waals surface area contributed by atoms with Crippen LogP contribution in [0, 0.1) is 12.8 Å². The van der Waals surface area contributed by atoms with Gasteiger partial charge in [0.15, 0.2) is 0 Å². The second kappa shape index (κ2) is 11.7. The van der Waals surface area contributed by atoms with Gasteiger partial charge in [-0.3, -0.25) is 4.79 Å². The minimum Gasteiger partial charge on any atom is -0.455 e. The molecule has 2 aromatic rings. The van der Waals surface area contributed by atoms with E-state index in [1.165, 1.54) is 0 Å². The number of nitrogens with zero attached hydrogens (tertiary/aromatic N) is 1. The molecule has 0 radical (unpaired) electrons. The minimum absolute atomic E-state index is 0.204. The molecular weight excluding hydrogens is 436 g/mol. The van der Waals surface area contributed by atoms with Gasteiger partial charge in [0.2, 0.25) is 5.91 Å². The summed E-state index contributed by atoms with van der Waals surface area (Å²) in [7, 11) is 0. The fourth-order valence-corrected chi connectivity index (χ4v) is 3.41. The number of carbonyl (C=O) groups excluding carboxylic acids is 3. The Morgan fingerprint density at radius 1 is 1.12 bits per heavy atom. The molecule has 2 unspecified atom stereocenters. The minimum atomic E-state index is -0.895. The fourth-order valence-electron chi connectivity index (χ4n) is 3.41. The van der Waals surface area contributed by atoms with Crippen molar-refractivity contribution in [3.63, 3.8) is 0 Å². The quantitative estimate of drug-likeness (QED) is 0.478. The Morgan fingerprint density at radius 3 is 2.35 bits per heavy atom. The van der Waals surface area contributed by atoms with E-state index in [0.717, 1.165) is 16.8 Å². The topological polar surface area (TPSA) is 122 Å². The number of carbonyl (C=O) groups is 3. The largest absolute Gasteiger partial charge is 0.455 e. The Labute approximate surface area is 201 Å². The Hall–Kier alpha value is -3.36. The van der Waals surface area contributed by atoms with Gasteiger partial charge in [-0.1, -0.05) is 45.0 Å². The van der Waals surface area contributed by atoms with Crippen LogP contribution in [0.4, 0.5) is 4.79 Å². The molecule has 1 aromatic carbocycles. The Morgan fingerprint density at radius 2 is 1.79 bits per heavy atom. The van der Waals surface area contributed by atoms with E-state index in [2.05, 4.69) is 20.6 Å². The van der Waals surface area contributed by atoms with Gasteiger partial charge in [0.1, 0.15) is 24.3 Å². The molecule has 0 bridgehead atoms. The highest BCUT2D eigenvalue weighted by molar-refractivity contribution is 5.87. The van der Waals surface area contributed by atoms with Gasteiger partial charge in [-0.2, -0.15) is 0 Å². The Bertz CT molecular complexity index is 966. The molecule has 9 heteroatoms. The molecule has 1 heterocycles. The molecule has 3 N–H and O–H groups in total. The van der Waals surface area contributed by atoms with Gasteiger partial charge < -0.3 is 25.1 Å². The lowest BCUT2D eigenvalue weighted by atomic mass is 9.91. The number of hydrogen-bond donors (Lipinski definition) is 3. The molecule has 0 saturated heterocycles. The summed E-state index contributed by atoms with van der Waals surface area (Å²) in [6.45, 7) is 12.4. The molecule has 0 fully saturated rings. The SMILES string of the molecule is Cc1ccccc1C(OC(=O)C(NC(=O)CNC(=O)OC(C)(C)C)C(C)C)[C@@H](C)c1cnc[nH]1. The number of amides is 2. The van der Waals surface area contributed by atoms with Crippen molar-refractivity contribution in [2.24, 2.45) is 5.92 Å². The van der Waals surface area contributed by atoms with Gasteiger partial charge in [-0.25, -0.2) is 14.6 Å². The summed E-state index contributed by atoms with van der Waals surface area (Å²) in [5.74, 6) is -1.52. The number of benzene rings is 1. The van der Waals surface area contributed by atoms with Gasteiger partial charge >= 0.3 is 12.1 Å². The third-order valence-corrected chi connectivity index (χ3v) is 5.23. The number of hydrogen-bond acceptors (Lipinski definition) is 6. The molecule has 1 aromatic heterocycles. The van der Waals surface area contributed by atoms with Crippen LogP contribution in [0.15, 0.2) is 36.8 Å². The average molecular weight is 473 g/mol. The molecular formula is C25H36N4O5. The van der Waals surface area contributed by atoms with E-state index in [-0.39, 0.29) is 18.4 Å². The third-order valence-electron chi connectivity index (χ3n) is 5.23. The first-order valence-electron chi connectivity index (χ1n) is 11.4. The zero-order valence-electron chi connectivity index (χ0n) is 21.0. The van der Waals surface area contributed by atoms with Crippen LogP contribution in [-0.2, 0) is 19.1 Å². The molecule has 0 spiro atoms. The molecule has 0 aliphatic rings. The highest BCUT2D eigenvalue weighted by atomic mass is 16.6. The zero-order chi connectivity index (χ0) is 25.5. The summed E-state index contributed by atoms with van der Waals surface area (Å²) in [6.07, 6.45) is 1.98. The highest BCUT2D eigenvalue weighted by Gasteiger charge is 2.32. The molecule has 0 aliphatic heterocycles. The Balaban J connectivity index is 2.13. The van der Waals surface area contributed by atoms with E-state index in [0.29, 0.717) is 0 Å². The zero-order valence-corrected chi connectivity index (χ0v) is 21.0. The van der Waals surface area contributed by atoms with Crippen molar-refractivity contribution in [2.75, 3.05) is 6.54 Å². The van der Waals surface area contributed by atoms with Crippen LogP contribution in [0.2, 0.25) is 0 Å². The van der Waals surface area contributed by atoms with E-state index >= 15 is 0 Å². The van der Waals surface area contributed by atoms with Crippen LogP contribution in [0.3, 0.4) is 0 Å². The maximum atomic E-state index is 13.2. The van der Waals surface area contributed by atoms with E-state index < -0.39 is 35.7 Å². The summed E-state index contributed by atoms with van der Waals surface area (Å²) >= 11 is 0. The molecule has 34 heavy (non-hydrogen) atoms. The second-order valence-electron chi connectivity index (χ2n) is 9.65.